The maximum absolute atomic E-state index is 14.0. The number of carboxylic acid groups (broad SMARTS) is 1. The molecule has 0 radical (unpaired) electrons. The zero-order valence-electron chi connectivity index (χ0n) is 17.0. The van der Waals surface area contributed by atoms with E-state index >= 15 is 0 Å². The summed E-state index contributed by atoms with van der Waals surface area (Å²) in [5.74, 6) is -1.10. The van der Waals surface area contributed by atoms with Gasteiger partial charge in [0.25, 0.3) is 0 Å². The quantitative estimate of drug-likeness (QED) is 0.666. The second-order valence-electron chi connectivity index (χ2n) is 8.29. The van der Waals surface area contributed by atoms with Gasteiger partial charge in [-0.3, -0.25) is 14.4 Å². The van der Waals surface area contributed by atoms with Crippen LogP contribution in [0.15, 0.2) is 42.7 Å². The number of anilines is 2. The Kier molecular flexibility index (Phi) is 4.59. The SMILES string of the molecule is CCCn1cc(N2C(=O)[C@]3(Cc4ccc(Cl)cc42)Cc2ccc(C(=O)O)nc2C3)cn1. The number of benzene rings is 1. The molecule has 8 heteroatoms. The molecule has 1 atom stereocenters. The second-order valence-corrected chi connectivity index (χ2v) is 8.73. The third-order valence-corrected chi connectivity index (χ3v) is 6.36. The number of carboxylic acids is 1. The first kappa shape index (κ1) is 19.8. The number of fused-ring (bicyclic) bond motifs is 2. The predicted octanol–water partition coefficient (Wildman–Crippen LogP) is 4.05. The van der Waals surface area contributed by atoms with Gasteiger partial charge in [-0.05, 0) is 48.6 Å². The Morgan fingerprint density at radius 3 is 2.74 bits per heavy atom. The molecular formula is C23H21ClN4O3. The molecule has 1 spiro atoms. The van der Waals surface area contributed by atoms with Crippen LogP contribution in [-0.2, 0) is 30.6 Å². The minimum Gasteiger partial charge on any atom is -0.477 e. The predicted molar refractivity (Wildman–Crippen MR) is 116 cm³/mol. The fourth-order valence-corrected chi connectivity index (χ4v) is 4.91. The van der Waals surface area contributed by atoms with Crippen molar-refractivity contribution < 1.29 is 14.7 Å². The van der Waals surface area contributed by atoms with Gasteiger partial charge >= 0.3 is 5.97 Å². The summed E-state index contributed by atoms with van der Waals surface area (Å²) in [4.78, 5) is 31.4. The Labute approximate surface area is 184 Å². The van der Waals surface area contributed by atoms with E-state index in [1.54, 1.807) is 17.2 Å². The monoisotopic (exact) mass is 436 g/mol. The van der Waals surface area contributed by atoms with Gasteiger partial charge in [-0.1, -0.05) is 30.7 Å². The number of carbonyl (C=O) groups excluding carboxylic acids is 1. The first-order valence-electron chi connectivity index (χ1n) is 10.3. The maximum atomic E-state index is 14.0. The number of hydrogen-bond acceptors (Lipinski definition) is 4. The van der Waals surface area contributed by atoms with Crippen molar-refractivity contribution in [1.82, 2.24) is 14.8 Å². The number of nitrogens with zero attached hydrogens (tertiary/aromatic N) is 4. The van der Waals surface area contributed by atoms with Crippen molar-refractivity contribution in [3.8, 4) is 0 Å². The van der Waals surface area contributed by atoms with Crippen LogP contribution in [0.1, 0.15) is 40.7 Å². The van der Waals surface area contributed by atoms with E-state index in [0.717, 1.165) is 29.8 Å². The van der Waals surface area contributed by atoms with Crippen LogP contribution in [0.3, 0.4) is 0 Å². The number of hydrogen-bond donors (Lipinski definition) is 1. The van der Waals surface area contributed by atoms with E-state index in [0.29, 0.717) is 35.7 Å². The fourth-order valence-electron chi connectivity index (χ4n) is 4.74. The lowest BCUT2D eigenvalue weighted by Gasteiger charge is -2.40. The van der Waals surface area contributed by atoms with Crippen molar-refractivity contribution in [2.24, 2.45) is 5.41 Å². The summed E-state index contributed by atoms with van der Waals surface area (Å²) in [5, 5.41) is 14.3. The molecule has 2 aliphatic rings. The number of amides is 1. The van der Waals surface area contributed by atoms with E-state index in [4.69, 9.17) is 11.6 Å². The number of pyridine rings is 1. The standard InChI is InChI=1S/C23H21ClN4O3/c1-2-7-27-13-17(12-25-27)28-20-8-16(24)5-3-15(20)10-23(22(28)31)9-14-4-6-18(21(29)30)26-19(14)11-23/h3-6,8,12-13H,2,7,9-11H2,1H3,(H,29,30)/t23-/m0/s1. The van der Waals surface area contributed by atoms with Crippen LogP contribution in [0.25, 0.3) is 0 Å². The van der Waals surface area contributed by atoms with Crippen molar-refractivity contribution in [3.63, 3.8) is 0 Å². The lowest BCUT2D eigenvalue weighted by atomic mass is 9.74. The molecule has 1 amide bonds. The number of aryl methyl sites for hydroxylation is 1. The first-order valence-corrected chi connectivity index (χ1v) is 10.7. The summed E-state index contributed by atoms with van der Waals surface area (Å²) < 4.78 is 1.83. The summed E-state index contributed by atoms with van der Waals surface area (Å²) in [6.45, 7) is 2.84. The molecule has 0 saturated carbocycles. The van der Waals surface area contributed by atoms with Gasteiger partial charge in [-0.15, -0.1) is 0 Å². The van der Waals surface area contributed by atoms with Crippen LogP contribution >= 0.6 is 11.6 Å². The molecule has 2 aromatic heterocycles. The largest absolute Gasteiger partial charge is 0.477 e. The van der Waals surface area contributed by atoms with Crippen molar-refractivity contribution >= 4 is 34.9 Å². The Bertz CT molecular complexity index is 1220. The van der Waals surface area contributed by atoms with Crippen LogP contribution in [0, 0.1) is 5.41 Å². The van der Waals surface area contributed by atoms with E-state index < -0.39 is 11.4 Å². The molecule has 7 nitrogen and oxygen atoms in total. The average Bonchev–Trinajstić information content (AvgIpc) is 3.34. The molecule has 158 valence electrons. The molecule has 1 aliphatic carbocycles. The van der Waals surface area contributed by atoms with Gasteiger partial charge in [-0.25, -0.2) is 9.78 Å². The molecule has 3 aromatic rings. The van der Waals surface area contributed by atoms with Crippen molar-refractivity contribution in [1.29, 1.82) is 0 Å². The molecule has 0 fully saturated rings. The van der Waals surface area contributed by atoms with E-state index in [1.165, 1.54) is 6.07 Å². The number of carbonyl (C=O) groups is 2. The highest BCUT2D eigenvalue weighted by molar-refractivity contribution is 6.31. The zero-order chi connectivity index (χ0) is 21.8. The molecular weight excluding hydrogens is 416 g/mol. The van der Waals surface area contributed by atoms with Crippen LogP contribution in [0.2, 0.25) is 5.02 Å². The third kappa shape index (κ3) is 3.20. The van der Waals surface area contributed by atoms with Crippen molar-refractivity contribution in [2.45, 2.75) is 39.2 Å². The average molecular weight is 437 g/mol. The smallest absolute Gasteiger partial charge is 0.354 e. The molecule has 1 N–H and O–H groups in total. The molecule has 5 rings (SSSR count). The van der Waals surface area contributed by atoms with Gasteiger partial charge in [0.05, 0.1) is 23.0 Å². The van der Waals surface area contributed by atoms with E-state index in [2.05, 4.69) is 17.0 Å². The maximum Gasteiger partial charge on any atom is 0.354 e. The van der Waals surface area contributed by atoms with Crippen LogP contribution in [-0.4, -0.2) is 31.7 Å². The van der Waals surface area contributed by atoms with Crippen LogP contribution in [0.4, 0.5) is 11.4 Å². The normalized spacial score (nSPS) is 19.5. The Morgan fingerprint density at radius 1 is 1.19 bits per heavy atom. The summed E-state index contributed by atoms with van der Waals surface area (Å²) in [7, 11) is 0. The second kappa shape index (κ2) is 7.20. The number of aromatic carboxylic acids is 1. The topological polar surface area (TPSA) is 88.3 Å². The van der Waals surface area contributed by atoms with Gasteiger partial charge in [-0.2, -0.15) is 5.10 Å². The van der Waals surface area contributed by atoms with E-state index in [1.807, 2.05) is 29.1 Å². The molecule has 1 aliphatic heterocycles. The Balaban J connectivity index is 1.60. The fraction of sp³-hybridized carbons (Fsp3) is 0.304. The zero-order valence-corrected chi connectivity index (χ0v) is 17.8. The van der Waals surface area contributed by atoms with E-state index in [-0.39, 0.29) is 11.6 Å². The lowest BCUT2D eigenvalue weighted by Crippen LogP contribution is -2.47. The van der Waals surface area contributed by atoms with Gasteiger partial charge in [0, 0.05) is 29.9 Å². The Morgan fingerprint density at radius 2 is 1.97 bits per heavy atom. The summed E-state index contributed by atoms with van der Waals surface area (Å²) in [5.41, 5.74) is 3.41. The van der Waals surface area contributed by atoms with Gasteiger partial charge < -0.3 is 5.11 Å². The van der Waals surface area contributed by atoms with Crippen LogP contribution in [0.5, 0.6) is 0 Å². The van der Waals surface area contributed by atoms with Crippen molar-refractivity contribution in [2.75, 3.05) is 4.90 Å². The third-order valence-electron chi connectivity index (χ3n) is 6.13. The van der Waals surface area contributed by atoms with E-state index in [9.17, 15) is 14.7 Å². The molecule has 0 saturated heterocycles. The van der Waals surface area contributed by atoms with Crippen molar-refractivity contribution in [3.05, 3.63) is 70.3 Å². The Hall–Kier alpha value is -3.19. The van der Waals surface area contributed by atoms with Gasteiger partial charge in [0.1, 0.15) is 5.69 Å². The van der Waals surface area contributed by atoms with Gasteiger partial charge in [0.15, 0.2) is 0 Å². The lowest BCUT2D eigenvalue weighted by molar-refractivity contribution is -0.127. The minimum atomic E-state index is -1.07. The first-order chi connectivity index (χ1) is 14.9. The molecule has 0 bridgehead atoms. The molecule has 31 heavy (non-hydrogen) atoms. The summed E-state index contributed by atoms with van der Waals surface area (Å²) in [6, 6.07) is 8.92. The summed E-state index contributed by atoms with van der Waals surface area (Å²) >= 11 is 6.28. The number of rotatable bonds is 4. The highest BCUT2D eigenvalue weighted by atomic mass is 35.5. The number of halogens is 1. The summed E-state index contributed by atoms with van der Waals surface area (Å²) in [6.07, 6.45) is 6.01. The highest BCUT2D eigenvalue weighted by Crippen LogP contribution is 2.48. The number of aromatic nitrogens is 3. The van der Waals surface area contributed by atoms with Gasteiger partial charge in [0.2, 0.25) is 5.91 Å². The molecule has 3 heterocycles. The highest BCUT2D eigenvalue weighted by Gasteiger charge is 2.51. The molecule has 1 aromatic carbocycles. The molecule has 0 unspecified atom stereocenters. The minimum absolute atomic E-state index is 0.00365. The van der Waals surface area contributed by atoms with Crippen LogP contribution < -0.4 is 4.90 Å².